The Kier molecular flexibility index (Phi) is 3.30. The lowest BCUT2D eigenvalue weighted by molar-refractivity contribution is -0.117. The number of nitrogens with two attached hydrogens (primary N) is 1. The van der Waals surface area contributed by atoms with Crippen molar-refractivity contribution in [1.29, 1.82) is 0 Å². The fourth-order valence-corrected chi connectivity index (χ4v) is 1.02. The molecule has 0 aromatic heterocycles. The third-order valence-corrected chi connectivity index (χ3v) is 1.68. The van der Waals surface area contributed by atoms with Gasteiger partial charge in [0.15, 0.2) is 0 Å². The third kappa shape index (κ3) is 2.95. The van der Waals surface area contributed by atoms with Crippen molar-refractivity contribution >= 4 is 5.91 Å². The summed E-state index contributed by atoms with van der Waals surface area (Å²) in [6, 6.07) is 4.26. The molecule has 0 spiro atoms. The van der Waals surface area contributed by atoms with E-state index in [0.717, 1.165) is 0 Å². The van der Waals surface area contributed by atoms with E-state index < -0.39 is 5.91 Å². The van der Waals surface area contributed by atoms with Gasteiger partial charge >= 0.3 is 0 Å². The van der Waals surface area contributed by atoms with Crippen LogP contribution in [0.1, 0.15) is 5.56 Å². The molecule has 0 bridgehead atoms. The SMILES string of the molecule is NC(=O)CNCc1ccc(O)cc1O. The van der Waals surface area contributed by atoms with E-state index in [0.29, 0.717) is 12.1 Å². The van der Waals surface area contributed by atoms with Gasteiger partial charge in [-0.05, 0) is 6.07 Å². The Bertz CT molecular complexity index is 339. The minimum absolute atomic E-state index is 0.00107. The smallest absolute Gasteiger partial charge is 0.231 e. The minimum atomic E-state index is -0.455. The summed E-state index contributed by atoms with van der Waals surface area (Å²) in [5.41, 5.74) is 5.52. The number of aromatic hydroxyl groups is 2. The highest BCUT2D eigenvalue weighted by molar-refractivity contribution is 5.75. The summed E-state index contributed by atoms with van der Waals surface area (Å²) in [6.45, 7) is 0.384. The number of rotatable bonds is 4. The monoisotopic (exact) mass is 196 g/mol. The predicted octanol–water partition coefficient (Wildman–Crippen LogP) is -0.327. The van der Waals surface area contributed by atoms with Gasteiger partial charge in [-0.1, -0.05) is 6.07 Å². The van der Waals surface area contributed by atoms with E-state index in [9.17, 15) is 9.90 Å². The molecule has 0 aliphatic carbocycles. The van der Waals surface area contributed by atoms with Crippen molar-refractivity contribution in [3.8, 4) is 11.5 Å². The van der Waals surface area contributed by atoms with Crippen LogP contribution in [0.2, 0.25) is 0 Å². The minimum Gasteiger partial charge on any atom is -0.508 e. The van der Waals surface area contributed by atoms with Gasteiger partial charge in [0.25, 0.3) is 0 Å². The summed E-state index contributed by atoms with van der Waals surface area (Å²) in [5.74, 6) is -0.466. The first-order valence-corrected chi connectivity index (χ1v) is 4.09. The zero-order valence-corrected chi connectivity index (χ0v) is 7.53. The van der Waals surface area contributed by atoms with Gasteiger partial charge < -0.3 is 21.3 Å². The number of hydrogen-bond acceptors (Lipinski definition) is 4. The highest BCUT2D eigenvalue weighted by atomic mass is 16.3. The van der Waals surface area contributed by atoms with E-state index in [1.165, 1.54) is 12.1 Å². The Morgan fingerprint density at radius 3 is 2.71 bits per heavy atom. The van der Waals surface area contributed by atoms with Crippen molar-refractivity contribution < 1.29 is 15.0 Å². The van der Waals surface area contributed by atoms with Crippen molar-refractivity contribution in [2.45, 2.75) is 6.54 Å². The Labute approximate surface area is 81.2 Å². The topological polar surface area (TPSA) is 95.6 Å². The van der Waals surface area contributed by atoms with Crippen LogP contribution in [0.3, 0.4) is 0 Å². The highest BCUT2D eigenvalue weighted by Crippen LogP contribution is 2.21. The first-order valence-electron chi connectivity index (χ1n) is 4.09. The molecule has 0 saturated carbocycles. The number of phenols is 2. The van der Waals surface area contributed by atoms with E-state index in [1.807, 2.05) is 0 Å². The number of carbonyl (C=O) groups is 1. The van der Waals surface area contributed by atoms with Gasteiger partial charge in [-0.3, -0.25) is 4.79 Å². The molecular weight excluding hydrogens is 184 g/mol. The zero-order chi connectivity index (χ0) is 10.6. The van der Waals surface area contributed by atoms with E-state index in [-0.39, 0.29) is 18.0 Å². The Morgan fingerprint density at radius 2 is 2.14 bits per heavy atom. The van der Waals surface area contributed by atoms with Gasteiger partial charge in [-0.25, -0.2) is 0 Å². The first kappa shape index (κ1) is 10.3. The van der Waals surface area contributed by atoms with Gasteiger partial charge in [0, 0.05) is 18.2 Å². The van der Waals surface area contributed by atoms with E-state index in [2.05, 4.69) is 5.32 Å². The molecule has 1 amide bonds. The van der Waals surface area contributed by atoms with Crippen LogP contribution in [0.25, 0.3) is 0 Å². The van der Waals surface area contributed by atoms with Gasteiger partial charge in [0.1, 0.15) is 11.5 Å². The maximum Gasteiger partial charge on any atom is 0.231 e. The molecule has 1 aromatic rings. The molecule has 1 aromatic carbocycles. The van der Waals surface area contributed by atoms with Crippen LogP contribution >= 0.6 is 0 Å². The molecule has 5 heteroatoms. The van der Waals surface area contributed by atoms with Crippen LogP contribution < -0.4 is 11.1 Å². The van der Waals surface area contributed by atoms with Crippen molar-refractivity contribution in [2.75, 3.05) is 6.54 Å². The molecule has 76 valence electrons. The van der Waals surface area contributed by atoms with Gasteiger partial charge in [0.05, 0.1) is 6.54 Å². The molecule has 0 heterocycles. The number of hydrogen-bond donors (Lipinski definition) is 4. The van der Waals surface area contributed by atoms with Crippen LogP contribution in [0, 0.1) is 0 Å². The Hall–Kier alpha value is -1.75. The van der Waals surface area contributed by atoms with Crippen LogP contribution in [0.5, 0.6) is 11.5 Å². The summed E-state index contributed by atoms with van der Waals surface area (Å²) in [7, 11) is 0. The Balaban J connectivity index is 2.55. The molecule has 0 fully saturated rings. The van der Waals surface area contributed by atoms with Crippen LogP contribution in [0.4, 0.5) is 0 Å². The number of nitrogens with one attached hydrogen (secondary N) is 1. The molecule has 0 aliphatic heterocycles. The van der Waals surface area contributed by atoms with Crippen molar-refractivity contribution in [3.05, 3.63) is 23.8 Å². The van der Waals surface area contributed by atoms with Crippen LogP contribution in [-0.4, -0.2) is 22.7 Å². The fraction of sp³-hybridized carbons (Fsp3) is 0.222. The van der Waals surface area contributed by atoms with Crippen molar-refractivity contribution in [2.24, 2.45) is 5.73 Å². The number of primary amides is 1. The highest BCUT2D eigenvalue weighted by Gasteiger charge is 2.02. The van der Waals surface area contributed by atoms with Crippen molar-refractivity contribution in [3.63, 3.8) is 0 Å². The number of phenolic OH excluding ortho intramolecular Hbond substituents is 2. The standard InChI is InChI=1S/C9H12N2O3/c10-9(14)5-11-4-6-1-2-7(12)3-8(6)13/h1-3,11-13H,4-5H2,(H2,10,14). The average Bonchev–Trinajstić information content (AvgIpc) is 2.08. The summed E-state index contributed by atoms with van der Waals surface area (Å²) in [5, 5.41) is 21.1. The van der Waals surface area contributed by atoms with Crippen LogP contribution in [-0.2, 0) is 11.3 Å². The summed E-state index contributed by atoms with van der Waals surface area (Å²) in [4.78, 5) is 10.4. The van der Waals surface area contributed by atoms with Gasteiger partial charge in [-0.15, -0.1) is 0 Å². The quantitative estimate of drug-likeness (QED) is 0.530. The molecule has 1 rings (SSSR count). The van der Waals surface area contributed by atoms with E-state index in [1.54, 1.807) is 6.07 Å². The molecular formula is C9H12N2O3. The molecule has 0 unspecified atom stereocenters. The van der Waals surface area contributed by atoms with Gasteiger partial charge in [-0.2, -0.15) is 0 Å². The lowest BCUT2D eigenvalue weighted by atomic mass is 10.2. The lowest BCUT2D eigenvalue weighted by Crippen LogP contribution is -2.28. The average molecular weight is 196 g/mol. The molecule has 14 heavy (non-hydrogen) atoms. The molecule has 0 radical (unpaired) electrons. The summed E-state index contributed by atoms with van der Waals surface area (Å²) < 4.78 is 0. The first-order chi connectivity index (χ1) is 6.59. The molecule has 0 saturated heterocycles. The van der Waals surface area contributed by atoms with Crippen molar-refractivity contribution in [1.82, 2.24) is 5.32 Å². The van der Waals surface area contributed by atoms with Crippen LogP contribution in [0.15, 0.2) is 18.2 Å². The maximum atomic E-state index is 10.4. The van der Waals surface area contributed by atoms with E-state index >= 15 is 0 Å². The second-order valence-electron chi connectivity index (χ2n) is 2.88. The Morgan fingerprint density at radius 1 is 1.43 bits per heavy atom. The number of benzene rings is 1. The molecule has 5 nitrogen and oxygen atoms in total. The number of carbonyl (C=O) groups excluding carboxylic acids is 1. The second kappa shape index (κ2) is 4.48. The summed E-state index contributed by atoms with van der Waals surface area (Å²) >= 11 is 0. The van der Waals surface area contributed by atoms with E-state index in [4.69, 9.17) is 10.8 Å². The zero-order valence-electron chi connectivity index (χ0n) is 7.53. The molecule has 5 N–H and O–H groups in total. The molecule has 0 aliphatic rings. The summed E-state index contributed by atoms with van der Waals surface area (Å²) in [6.07, 6.45) is 0. The normalized spacial score (nSPS) is 10.0. The number of amides is 1. The molecule has 0 atom stereocenters. The second-order valence-corrected chi connectivity index (χ2v) is 2.88. The predicted molar refractivity (Wildman–Crippen MR) is 50.7 cm³/mol. The fourth-order valence-electron chi connectivity index (χ4n) is 1.02. The lowest BCUT2D eigenvalue weighted by Gasteiger charge is -2.05. The van der Waals surface area contributed by atoms with Gasteiger partial charge in [0.2, 0.25) is 5.91 Å². The third-order valence-electron chi connectivity index (χ3n) is 1.68. The maximum absolute atomic E-state index is 10.4. The largest absolute Gasteiger partial charge is 0.508 e.